The number of methoxy groups -OCH3 is 1. The summed E-state index contributed by atoms with van der Waals surface area (Å²) < 4.78 is 29.6. The van der Waals surface area contributed by atoms with E-state index < -0.39 is 15.4 Å². The van der Waals surface area contributed by atoms with Crippen molar-refractivity contribution in [2.45, 2.75) is 9.79 Å². The Morgan fingerprint density at radius 1 is 1.11 bits per heavy atom. The third-order valence-electron chi connectivity index (χ3n) is 2.42. The van der Waals surface area contributed by atoms with Gasteiger partial charge in [0.1, 0.15) is 5.75 Å². The minimum absolute atomic E-state index is 0.0302. The van der Waals surface area contributed by atoms with E-state index in [-0.39, 0.29) is 15.5 Å². The molecular weight excluding hydrogens is 254 g/mol. The average Bonchev–Trinajstić information content (AvgIpc) is 2.39. The number of aromatic amines is 1. The molecule has 0 aliphatic rings. The summed E-state index contributed by atoms with van der Waals surface area (Å²) in [5, 5.41) is 0. The number of hydrogen-bond donors (Lipinski definition) is 1. The first-order chi connectivity index (χ1) is 8.57. The molecule has 0 atom stereocenters. The lowest BCUT2D eigenvalue weighted by atomic mass is 10.4. The van der Waals surface area contributed by atoms with Crippen LogP contribution in [0.3, 0.4) is 0 Å². The molecule has 0 saturated carbocycles. The summed E-state index contributed by atoms with van der Waals surface area (Å²) in [7, 11) is -2.56. The molecule has 0 unspecified atom stereocenters. The Kier molecular flexibility index (Phi) is 3.20. The van der Waals surface area contributed by atoms with E-state index in [0.717, 1.165) is 0 Å². The first-order valence-electron chi connectivity index (χ1n) is 5.13. The standard InChI is InChI=1S/C12H11NO4S/c1-17-10-7-8-13-12(14)11(10)18(15,16)9-5-3-2-4-6-9/h2-8H,1H3,(H,13,14). The highest BCUT2D eigenvalue weighted by molar-refractivity contribution is 7.91. The largest absolute Gasteiger partial charge is 0.495 e. The topological polar surface area (TPSA) is 76.2 Å². The molecule has 1 heterocycles. The summed E-state index contributed by atoms with van der Waals surface area (Å²) in [5.41, 5.74) is -0.696. The SMILES string of the molecule is COc1cc[nH]c(=O)c1S(=O)(=O)c1ccccc1. The molecule has 0 fully saturated rings. The first-order valence-corrected chi connectivity index (χ1v) is 6.61. The van der Waals surface area contributed by atoms with Gasteiger partial charge in [0, 0.05) is 6.20 Å². The molecule has 18 heavy (non-hydrogen) atoms. The number of nitrogens with one attached hydrogen (secondary N) is 1. The molecule has 2 rings (SSSR count). The molecule has 0 spiro atoms. The van der Waals surface area contributed by atoms with Crippen LogP contribution >= 0.6 is 0 Å². The van der Waals surface area contributed by atoms with Crippen molar-refractivity contribution in [2.24, 2.45) is 0 Å². The fraction of sp³-hybridized carbons (Fsp3) is 0.0833. The predicted octanol–water partition coefficient (Wildman–Crippen LogP) is 1.22. The lowest BCUT2D eigenvalue weighted by Crippen LogP contribution is -2.18. The highest BCUT2D eigenvalue weighted by Gasteiger charge is 2.25. The zero-order valence-electron chi connectivity index (χ0n) is 9.58. The second-order valence-corrected chi connectivity index (χ2v) is 5.41. The van der Waals surface area contributed by atoms with E-state index >= 15 is 0 Å². The smallest absolute Gasteiger partial charge is 0.270 e. The fourth-order valence-electron chi connectivity index (χ4n) is 1.58. The lowest BCUT2D eigenvalue weighted by molar-refractivity contribution is 0.400. The first kappa shape index (κ1) is 12.4. The summed E-state index contributed by atoms with van der Waals surface area (Å²) in [6.07, 6.45) is 1.34. The van der Waals surface area contributed by atoms with Crippen molar-refractivity contribution in [3.05, 3.63) is 52.9 Å². The number of benzene rings is 1. The molecule has 6 heteroatoms. The van der Waals surface area contributed by atoms with Crippen molar-refractivity contribution in [1.29, 1.82) is 0 Å². The molecule has 94 valence electrons. The maximum absolute atomic E-state index is 12.3. The Balaban J connectivity index is 2.74. The van der Waals surface area contributed by atoms with Crippen molar-refractivity contribution < 1.29 is 13.2 Å². The van der Waals surface area contributed by atoms with Crippen molar-refractivity contribution in [1.82, 2.24) is 4.98 Å². The van der Waals surface area contributed by atoms with Crippen LogP contribution in [0.2, 0.25) is 0 Å². The van der Waals surface area contributed by atoms with Crippen LogP contribution in [0.15, 0.2) is 57.2 Å². The molecule has 0 aliphatic carbocycles. The van der Waals surface area contributed by atoms with Crippen LogP contribution in [0, 0.1) is 0 Å². The molecule has 1 N–H and O–H groups in total. The molecule has 2 aromatic rings. The van der Waals surface area contributed by atoms with Crippen LogP contribution < -0.4 is 10.3 Å². The second-order valence-electron chi connectivity index (χ2n) is 3.52. The van der Waals surface area contributed by atoms with Gasteiger partial charge in [0.2, 0.25) is 9.84 Å². The van der Waals surface area contributed by atoms with Crippen LogP contribution in [0.25, 0.3) is 0 Å². The van der Waals surface area contributed by atoms with E-state index in [1.165, 1.54) is 31.5 Å². The zero-order chi connectivity index (χ0) is 13.2. The van der Waals surface area contributed by atoms with Crippen molar-refractivity contribution in [3.8, 4) is 5.75 Å². The Morgan fingerprint density at radius 2 is 1.78 bits per heavy atom. The monoisotopic (exact) mass is 265 g/mol. The molecule has 1 aromatic heterocycles. The van der Waals surface area contributed by atoms with Gasteiger partial charge in [0.15, 0.2) is 4.90 Å². The predicted molar refractivity (Wildman–Crippen MR) is 65.5 cm³/mol. The van der Waals surface area contributed by atoms with Crippen LogP contribution in [0.4, 0.5) is 0 Å². The van der Waals surface area contributed by atoms with E-state index in [4.69, 9.17) is 4.74 Å². The highest BCUT2D eigenvalue weighted by Crippen LogP contribution is 2.25. The van der Waals surface area contributed by atoms with E-state index in [9.17, 15) is 13.2 Å². The number of pyridine rings is 1. The minimum Gasteiger partial charge on any atom is -0.495 e. The molecule has 0 aliphatic heterocycles. The van der Waals surface area contributed by atoms with Gasteiger partial charge in [0.25, 0.3) is 5.56 Å². The zero-order valence-corrected chi connectivity index (χ0v) is 10.4. The Bertz CT molecular complexity index is 704. The Hall–Kier alpha value is -2.08. The van der Waals surface area contributed by atoms with E-state index in [1.54, 1.807) is 18.2 Å². The number of rotatable bonds is 3. The summed E-state index contributed by atoms with van der Waals surface area (Å²) in [5.74, 6) is 0.0302. The van der Waals surface area contributed by atoms with Crippen LogP contribution in [-0.2, 0) is 9.84 Å². The van der Waals surface area contributed by atoms with Gasteiger partial charge in [-0.05, 0) is 18.2 Å². The normalized spacial score (nSPS) is 11.2. The fourth-order valence-corrected chi connectivity index (χ4v) is 3.05. The lowest BCUT2D eigenvalue weighted by Gasteiger charge is -2.07. The quantitative estimate of drug-likeness (QED) is 0.905. The van der Waals surface area contributed by atoms with Crippen LogP contribution in [0.5, 0.6) is 5.75 Å². The maximum atomic E-state index is 12.3. The van der Waals surface area contributed by atoms with E-state index in [2.05, 4.69) is 4.98 Å². The molecule has 0 saturated heterocycles. The van der Waals surface area contributed by atoms with Gasteiger partial charge in [-0.15, -0.1) is 0 Å². The molecule has 5 nitrogen and oxygen atoms in total. The van der Waals surface area contributed by atoms with Crippen molar-refractivity contribution in [3.63, 3.8) is 0 Å². The van der Waals surface area contributed by atoms with Gasteiger partial charge in [-0.2, -0.15) is 0 Å². The number of ether oxygens (including phenoxy) is 1. The number of hydrogen-bond acceptors (Lipinski definition) is 4. The average molecular weight is 265 g/mol. The van der Waals surface area contributed by atoms with Gasteiger partial charge in [-0.25, -0.2) is 8.42 Å². The number of H-pyrrole nitrogens is 1. The maximum Gasteiger partial charge on any atom is 0.270 e. The molecule has 1 aromatic carbocycles. The Labute approximate surface area is 104 Å². The van der Waals surface area contributed by atoms with Gasteiger partial charge in [-0.3, -0.25) is 4.79 Å². The Morgan fingerprint density at radius 3 is 2.39 bits per heavy atom. The van der Waals surface area contributed by atoms with Crippen LogP contribution in [-0.4, -0.2) is 20.5 Å². The highest BCUT2D eigenvalue weighted by atomic mass is 32.2. The van der Waals surface area contributed by atoms with E-state index in [1.807, 2.05) is 0 Å². The van der Waals surface area contributed by atoms with Crippen LogP contribution in [0.1, 0.15) is 0 Å². The van der Waals surface area contributed by atoms with Gasteiger partial charge >= 0.3 is 0 Å². The summed E-state index contributed by atoms with van der Waals surface area (Å²) in [6, 6.07) is 9.15. The third kappa shape index (κ3) is 2.02. The summed E-state index contributed by atoms with van der Waals surface area (Å²) in [6.45, 7) is 0. The molecular formula is C12H11NO4S. The van der Waals surface area contributed by atoms with Gasteiger partial charge in [-0.1, -0.05) is 18.2 Å². The minimum atomic E-state index is -3.88. The van der Waals surface area contributed by atoms with Gasteiger partial charge < -0.3 is 9.72 Å². The number of sulfone groups is 1. The van der Waals surface area contributed by atoms with Crippen molar-refractivity contribution in [2.75, 3.05) is 7.11 Å². The van der Waals surface area contributed by atoms with Gasteiger partial charge in [0.05, 0.1) is 12.0 Å². The molecule has 0 bridgehead atoms. The molecule has 0 amide bonds. The third-order valence-corrected chi connectivity index (χ3v) is 4.24. The summed E-state index contributed by atoms with van der Waals surface area (Å²) >= 11 is 0. The molecule has 0 radical (unpaired) electrons. The van der Waals surface area contributed by atoms with E-state index in [0.29, 0.717) is 0 Å². The second kappa shape index (κ2) is 4.66. The summed E-state index contributed by atoms with van der Waals surface area (Å²) in [4.78, 5) is 13.7. The number of aromatic nitrogens is 1. The van der Waals surface area contributed by atoms with Crippen molar-refractivity contribution >= 4 is 9.84 Å².